The molecule has 0 fully saturated rings. The fourth-order valence-corrected chi connectivity index (χ4v) is 2.52. The molecule has 5 nitrogen and oxygen atoms in total. The van der Waals surface area contributed by atoms with E-state index in [-0.39, 0.29) is 18.2 Å². The fraction of sp³-hybridized carbons (Fsp3) is 0.263. The molecule has 25 heavy (non-hydrogen) atoms. The van der Waals surface area contributed by atoms with E-state index in [1.807, 2.05) is 24.3 Å². The Morgan fingerprint density at radius 1 is 1.08 bits per heavy atom. The summed E-state index contributed by atoms with van der Waals surface area (Å²) in [4.78, 5) is 23.7. The average molecular weight is 361 g/mol. The lowest BCUT2D eigenvalue weighted by atomic mass is 10.0. The summed E-state index contributed by atoms with van der Waals surface area (Å²) in [5.74, 6) is 0.383. The number of hydrogen-bond donors (Lipinski definition) is 2. The highest BCUT2D eigenvalue weighted by Gasteiger charge is 2.17. The molecule has 0 radical (unpaired) electrons. The Kier molecular flexibility index (Phi) is 6.83. The van der Waals surface area contributed by atoms with E-state index in [9.17, 15) is 9.59 Å². The predicted octanol–water partition coefficient (Wildman–Crippen LogP) is 3.23. The second-order valence-electron chi connectivity index (χ2n) is 5.63. The third kappa shape index (κ3) is 6.12. The van der Waals surface area contributed by atoms with Crippen LogP contribution in [0.25, 0.3) is 0 Å². The summed E-state index contributed by atoms with van der Waals surface area (Å²) < 4.78 is 5.13. The van der Waals surface area contributed by atoms with E-state index < -0.39 is 6.04 Å². The van der Waals surface area contributed by atoms with Gasteiger partial charge < -0.3 is 15.4 Å². The van der Waals surface area contributed by atoms with Gasteiger partial charge in [0.25, 0.3) is 0 Å². The molecule has 1 atom stereocenters. The minimum atomic E-state index is -0.395. The molecular formula is C19H21ClN2O3. The van der Waals surface area contributed by atoms with Crippen molar-refractivity contribution in [2.45, 2.75) is 25.9 Å². The lowest BCUT2D eigenvalue weighted by molar-refractivity contribution is -0.122. The van der Waals surface area contributed by atoms with Crippen molar-refractivity contribution >= 4 is 23.4 Å². The van der Waals surface area contributed by atoms with Gasteiger partial charge in [-0.15, -0.1) is 0 Å². The van der Waals surface area contributed by atoms with Gasteiger partial charge in [-0.1, -0.05) is 35.9 Å². The number of halogens is 1. The number of methoxy groups -OCH3 is 1. The van der Waals surface area contributed by atoms with Crippen molar-refractivity contribution in [3.8, 4) is 5.75 Å². The van der Waals surface area contributed by atoms with Crippen LogP contribution in [-0.4, -0.2) is 18.9 Å². The third-order valence-corrected chi connectivity index (χ3v) is 3.94. The van der Waals surface area contributed by atoms with E-state index in [0.717, 1.165) is 16.9 Å². The van der Waals surface area contributed by atoms with Gasteiger partial charge >= 0.3 is 0 Å². The zero-order valence-corrected chi connectivity index (χ0v) is 15.0. The lowest BCUT2D eigenvalue weighted by Crippen LogP contribution is -2.32. The summed E-state index contributed by atoms with van der Waals surface area (Å²) >= 11 is 5.84. The number of benzene rings is 2. The molecule has 2 rings (SSSR count). The number of ether oxygens (including phenoxy) is 1. The monoisotopic (exact) mass is 360 g/mol. The molecule has 2 amide bonds. The Labute approximate surface area is 152 Å². The SMILES string of the molecule is COc1ccc(C(CC(=O)NCc2ccc(Cl)cc2)NC(C)=O)cc1. The first kappa shape index (κ1) is 18.8. The van der Waals surface area contributed by atoms with Gasteiger partial charge in [-0.2, -0.15) is 0 Å². The Morgan fingerprint density at radius 2 is 1.72 bits per heavy atom. The first-order valence-electron chi connectivity index (χ1n) is 7.90. The highest BCUT2D eigenvalue weighted by Crippen LogP contribution is 2.20. The molecule has 2 aromatic rings. The Balaban J connectivity index is 1.98. The second-order valence-corrected chi connectivity index (χ2v) is 6.07. The van der Waals surface area contributed by atoms with E-state index in [1.165, 1.54) is 6.92 Å². The number of amides is 2. The molecule has 0 aliphatic rings. The number of carbonyl (C=O) groups excluding carboxylic acids is 2. The van der Waals surface area contributed by atoms with Crippen molar-refractivity contribution in [3.05, 3.63) is 64.7 Å². The first-order chi connectivity index (χ1) is 12.0. The molecule has 0 heterocycles. The molecule has 6 heteroatoms. The standard InChI is InChI=1S/C19H21ClN2O3/c1-13(23)22-18(15-5-9-17(25-2)10-6-15)11-19(24)21-12-14-3-7-16(20)8-4-14/h3-10,18H,11-12H2,1-2H3,(H,21,24)(H,22,23). The van der Waals surface area contributed by atoms with Crippen LogP contribution in [0.1, 0.15) is 30.5 Å². The maximum atomic E-state index is 12.3. The van der Waals surface area contributed by atoms with E-state index in [2.05, 4.69) is 10.6 Å². The van der Waals surface area contributed by atoms with Gasteiger partial charge in [0.1, 0.15) is 5.75 Å². The van der Waals surface area contributed by atoms with Gasteiger partial charge in [0.2, 0.25) is 11.8 Å². The summed E-state index contributed by atoms with van der Waals surface area (Å²) in [6, 6.07) is 14.2. The van der Waals surface area contributed by atoms with Crippen LogP contribution in [-0.2, 0) is 16.1 Å². The van der Waals surface area contributed by atoms with E-state index in [0.29, 0.717) is 11.6 Å². The van der Waals surface area contributed by atoms with Gasteiger partial charge in [0, 0.05) is 18.5 Å². The van der Waals surface area contributed by atoms with Crippen LogP contribution in [0, 0.1) is 0 Å². The van der Waals surface area contributed by atoms with E-state index in [1.54, 1.807) is 31.4 Å². The second kappa shape index (κ2) is 9.08. The quantitative estimate of drug-likeness (QED) is 0.796. The summed E-state index contributed by atoms with van der Waals surface area (Å²) in [6.45, 7) is 1.84. The molecule has 2 N–H and O–H groups in total. The van der Waals surface area contributed by atoms with E-state index >= 15 is 0 Å². The number of nitrogens with one attached hydrogen (secondary N) is 2. The topological polar surface area (TPSA) is 67.4 Å². The number of carbonyl (C=O) groups is 2. The van der Waals surface area contributed by atoms with Gasteiger partial charge in [-0.3, -0.25) is 9.59 Å². The molecule has 1 unspecified atom stereocenters. The highest BCUT2D eigenvalue weighted by molar-refractivity contribution is 6.30. The highest BCUT2D eigenvalue weighted by atomic mass is 35.5. The molecule has 0 saturated carbocycles. The number of hydrogen-bond acceptors (Lipinski definition) is 3. The Bertz CT molecular complexity index is 714. The summed E-state index contributed by atoms with van der Waals surface area (Å²) in [6.07, 6.45) is 0.152. The van der Waals surface area contributed by atoms with Gasteiger partial charge in [0.15, 0.2) is 0 Å². The van der Waals surface area contributed by atoms with Gasteiger partial charge in [0.05, 0.1) is 19.6 Å². The van der Waals surface area contributed by atoms with Crippen molar-refractivity contribution in [2.24, 2.45) is 0 Å². The number of rotatable bonds is 7. The normalized spacial score (nSPS) is 11.5. The molecule has 2 aromatic carbocycles. The maximum absolute atomic E-state index is 12.3. The van der Waals surface area contributed by atoms with Crippen LogP contribution in [0.3, 0.4) is 0 Å². The van der Waals surface area contributed by atoms with Crippen molar-refractivity contribution in [1.82, 2.24) is 10.6 Å². The maximum Gasteiger partial charge on any atom is 0.222 e. The minimum absolute atomic E-state index is 0.149. The zero-order valence-electron chi connectivity index (χ0n) is 14.2. The van der Waals surface area contributed by atoms with E-state index in [4.69, 9.17) is 16.3 Å². The predicted molar refractivity (Wildman–Crippen MR) is 97.5 cm³/mol. The van der Waals surface area contributed by atoms with Crippen molar-refractivity contribution < 1.29 is 14.3 Å². The van der Waals surface area contributed by atoms with Gasteiger partial charge in [-0.25, -0.2) is 0 Å². The summed E-state index contributed by atoms with van der Waals surface area (Å²) in [5.41, 5.74) is 1.80. The van der Waals surface area contributed by atoms with Crippen LogP contribution < -0.4 is 15.4 Å². The zero-order chi connectivity index (χ0) is 18.2. The van der Waals surface area contributed by atoms with Crippen LogP contribution in [0.4, 0.5) is 0 Å². The smallest absolute Gasteiger partial charge is 0.222 e. The molecule has 0 aliphatic carbocycles. The molecule has 132 valence electrons. The summed E-state index contributed by atoms with van der Waals surface area (Å²) in [5, 5.41) is 6.32. The van der Waals surface area contributed by atoms with Crippen LogP contribution in [0.5, 0.6) is 5.75 Å². The average Bonchev–Trinajstić information content (AvgIpc) is 2.60. The third-order valence-electron chi connectivity index (χ3n) is 3.69. The van der Waals surface area contributed by atoms with Crippen LogP contribution in [0.2, 0.25) is 5.02 Å². The van der Waals surface area contributed by atoms with Crippen molar-refractivity contribution in [2.75, 3.05) is 7.11 Å². The minimum Gasteiger partial charge on any atom is -0.497 e. The molecular weight excluding hydrogens is 340 g/mol. The van der Waals surface area contributed by atoms with Crippen LogP contribution >= 0.6 is 11.6 Å². The van der Waals surface area contributed by atoms with Crippen molar-refractivity contribution in [3.63, 3.8) is 0 Å². The molecule has 0 spiro atoms. The molecule has 0 bridgehead atoms. The van der Waals surface area contributed by atoms with Crippen LogP contribution in [0.15, 0.2) is 48.5 Å². The summed E-state index contributed by atoms with van der Waals surface area (Å²) in [7, 11) is 1.59. The van der Waals surface area contributed by atoms with Gasteiger partial charge in [-0.05, 0) is 35.4 Å². The molecule has 0 saturated heterocycles. The Morgan fingerprint density at radius 3 is 2.28 bits per heavy atom. The Hall–Kier alpha value is -2.53. The lowest BCUT2D eigenvalue weighted by Gasteiger charge is -2.18. The largest absolute Gasteiger partial charge is 0.497 e. The molecule has 0 aromatic heterocycles. The first-order valence-corrected chi connectivity index (χ1v) is 8.28. The fourth-order valence-electron chi connectivity index (χ4n) is 2.39. The van der Waals surface area contributed by atoms with Crippen molar-refractivity contribution in [1.29, 1.82) is 0 Å². The molecule has 0 aliphatic heterocycles.